The molecule has 0 aliphatic carbocycles. The molecule has 5 nitrogen and oxygen atoms in total. The van der Waals surface area contributed by atoms with Gasteiger partial charge in [0.15, 0.2) is 0 Å². The van der Waals surface area contributed by atoms with Gasteiger partial charge in [0.25, 0.3) is 0 Å². The average molecular weight is 472 g/mol. The van der Waals surface area contributed by atoms with Crippen molar-refractivity contribution in [1.29, 1.82) is 0 Å². The van der Waals surface area contributed by atoms with E-state index < -0.39 is 0 Å². The van der Waals surface area contributed by atoms with Gasteiger partial charge in [-0.15, -0.1) is 0 Å². The molecule has 2 N–H and O–H groups in total. The highest BCUT2D eigenvalue weighted by Crippen LogP contribution is 2.31. The number of carbonyl (C=O) groups is 1. The molecule has 3 aromatic carbocycles. The Morgan fingerprint density at radius 1 is 1.03 bits per heavy atom. The van der Waals surface area contributed by atoms with Crippen molar-refractivity contribution in [2.45, 2.75) is 31.7 Å². The molecule has 0 radical (unpaired) electrons. The Morgan fingerprint density at radius 3 is 2.46 bits per heavy atom. The number of piperidine rings is 1. The molecule has 35 heavy (non-hydrogen) atoms. The molecule has 0 bridgehead atoms. The molecule has 6 heteroatoms. The molecule has 1 fully saturated rings. The number of methoxy groups -OCH3 is 1. The van der Waals surface area contributed by atoms with Crippen LogP contribution >= 0.6 is 0 Å². The van der Waals surface area contributed by atoms with E-state index >= 15 is 0 Å². The standard InChI is InChI=1S/C29H30FN3O2/c1-35-24-12-10-23(11-13-24)33-18-16-22(17-19-33)31-28(34)15-14-26-25-4-2-3-5-27(25)32-29(26)20-6-8-21(30)9-7-20/h2-13,22,32H,14-19H2,1H3,(H,31,34). The molecule has 0 saturated carbocycles. The number of carbonyl (C=O) groups excluding carboxylic acids is 1. The summed E-state index contributed by atoms with van der Waals surface area (Å²) in [5.41, 5.74) is 5.17. The van der Waals surface area contributed by atoms with Gasteiger partial charge in [-0.2, -0.15) is 0 Å². The van der Waals surface area contributed by atoms with E-state index in [9.17, 15) is 9.18 Å². The number of amides is 1. The summed E-state index contributed by atoms with van der Waals surface area (Å²) in [6.45, 7) is 1.82. The monoisotopic (exact) mass is 471 g/mol. The zero-order valence-corrected chi connectivity index (χ0v) is 19.9. The van der Waals surface area contributed by atoms with E-state index in [1.165, 1.54) is 17.8 Å². The molecule has 180 valence electrons. The molecule has 1 amide bonds. The highest BCUT2D eigenvalue weighted by atomic mass is 19.1. The van der Waals surface area contributed by atoms with Crippen LogP contribution in [-0.4, -0.2) is 37.1 Å². The van der Waals surface area contributed by atoms with E-state index in [1.54, 1.807) is 19.2 Å². The van der Waals surface area contributed by atoms with Crippen molar-refractivity contribution in [3.63, 3.8) is 0 Å². The predicted molar refractivity (Wildman–Crippen MR) is 138 cm³/mol. The van der Waals surface area contributed by atoms with Gasteiger partial charge in [-0.05, 0) is 85.0 Å². The fraction of sp³-hybridized carbons (Fsp3) is 0.276. The lowest BCUT2D eigenvalue weighted by atomic mass is 10.00. The van der Waals surface area contributed by atoms with E-state index in [-0.39, 0.29) is 17.8 Å². The Hall–Kier alpha value is -3.80. The van der Waals surface area contributed by atoms with E-state index in [2.05, 4.69) is 33.4 Å². The van der Waals surface area contributed by atoms with E-state index in [0.717, 1.165) is 59.4 Å². The molecular weight excluding hydrogens is 441 g/mol. The average Bonchev–Trinajstić information content (AvgIpc) is 3.27. The number of H-pyrrole nitrogens is 1. The van der Waals surface area contributed by atoms with E-state index in [1.807, 2.05) is 30.3 Å². The molecule has 0 unspecified atom stereocenters. The number of aromatic nitrogens is 1. The van der Waals surface area contributed by atoms with Crippen molar-refractivity contribution < 1.29 is 13.9 Å². The number of aryl methyl sites for hydroxylation is 1. The number of para-hydroxylation sites is 1. The van der Waals surface area contributed by atoms with E-state index in [0.29, 0.717) is 12.8 Å². The minimum absolute atomic E-state index is 0.0724. The summed E-state index contributed by atoms with van der Waals surface area (Å²) in [7, 11) is 1.67. The minimum atomic E-state index is -0.260. The number of anilines is 1. The molecule has 0 atom stereocenters. The topological polar surface area (TPSA) is 57.4 Å². The van der Waals surface area contributed by atoms with Crippen LogP contribution in [0.3, 0.4) is 0 Å². The number of benzene rings is 3. The van der Waals surface area contributed by atoms with Crippen LogP contribution in [0, 0.1) is 5.82 Å². The number of halogens is 1. The van der Waals surface area contributed by atoms with Gasteiger partial charge in [-0.1, -0.05) is 18.2 Å². The highest BCUT2D eigenvalue weighted by molar-refractivity contribution is 5.91. The van der Waals surface area contributed by atoms with Gasteiger partial charge in [0.05, 0.1) is 7.11 Å². The lowest BCUT2D eigenvalue weighted by Gasteiger charge is -2.34. The van der Waals surface area contributed by atoms with Crippen LogP contribution in [0.25, 0.3) is 22.2 Å². The summed E-state index contributed by atoms with van der Waals surface area (Å²) in [6, 6.07) is 22.9. The summed E-state index contributed by atoms with van der Waals surface area (Å²) in [5, 5.41) is 4.35. The number of rotatable bonds is 7. The zero-order valence-electron chi connectivity index (χ0n) is 19.9. The fourth-order valence-electron chi connectivity index (χ4n) is 4.94. The number of fused-ring (bicyclic) bond motifs is 1. The Balaban J connectivity index is 1.20. The summed E-state index contributed by atoms with van der Waals surface area (Å²) in [4.78, 5) is 18.7. The Morgan fingerprint density at radius 2 is 1.74 bits per heavy atom. The first-order chi connectivity index (χ1) is 17.1. The van der Waals surface area contributed by atoms with Crippen LogP contribution in [0.5, 0.6) is 5.75 Å². The molecule has 4 aromatic rings. The van der Waals surface area contributed by atoms with Crippen molar-refractivity contribution in [1.82, 2.24) is 10.3 Å². The number of hydrogen-bond donors (Lipinski definition) is 2. The van der Waals surface area contributed by atoms with Crippen LogP contribution < -0.4 is 15.0 Å². The van der Waals surface area contributed by atoms with Crippen LogP contribution in [0.4, 0.5) is 10.1 Å². The number of aromatic amines is 1. The summed E-state index contributed by atoms with van der Waals surface area (Å²) in [6.07, 6.45) is 2.87. The van der Waals surface area contributed by atoms with Crippen LogP contribution in [-0.2, 0) is 11.2 Å². The first kappa shape index (κ1) is 23.0. The second-order valence-electron chi connectivity index (χ2n) is 9.06. The number of ether oxygens (including phenoxy) is 1. The second kappa shape index (κ2) is 10.2. The quantitative estimate of drug-likeness (QED) is 0.364. The Bertz CT molecular complexity index is 1290. The molecule has 1 aromatic heterocycles. The molecule has 1 aliphatic rings. The van der Waals surface area contributed by atoms with Crippen LogP contribution in [0.2, 0.25) is 0 Å². The van der Waals surface area contributed by atoms with Crippen molar-refractivity contribution >= 4 is 22.5 Å². The number of hydrogen-bond acceptors (Lipinski definition) is 3. The number of nitrogens with zero attached hydrogens (tertiary/aromatic N) is 1. The normalized spacial score (nSPS) is 14.3. The first-order valence-corrected chi connectivity index (χ1v) is 12.1. The maximum atomic E-state index is 13.5. The lowest BCUT2D eigenvalue weighted by molar-refractivity contribution is -0.121. The molecule has 0 spiro atoms. The van der Waals surface area contributed by atoms with Gasteiger partial charge in [0, 0.05) is 47.8 Å². The molecule has 5 rings (SSSR count). The van der Waals surface area contributed by atoms with Crippen LogP contribution in [0.1, 0.15) is 24.8 Å². The smallest absolute Gasteiger partial charge is 0.220 e. The van der Waals surface area contributed by atoms with Crippen molar-refractivity contribution in [2.75, 3.05) is 25.1 Å². The molecule has 1 saturated heterocycles. The van der Waals surface area contributed by atoms with Crippen molar-refractivity contribution in [3.8, 4) is 17.0 Å². The third-order valence-corrected chi connectivity index (χ3v) is 6.85. The highest BCUT2D eigenvalue weighted by Gasteiger charge is 2.21. The van der Waals surface area contributed by atoms with E-state index in [4.69, 9.17) is 4.74 Å². The van der Waals surface area contributed by atoms with Crippen molar-refractivity contribution in [3.05, 3.63) is 84.2 Å². The fourth-order valence-corrected chi connectivity index (χ4v) is 4.94. The minimum Gasteiger partial charge on any atom is -0.497 e. The maximum absolute atomic E-state index is 13.5. The maximum Gasteiger partial charge on any atom is 0.220 e. The van der Waals surface area contributed by atoms with Gasteiger partial charge < -0.3 is 19.9 Å². The van der Waals surface area contributed by atoms with Crippen molar-refractivity contribution in [2.24, 2.45) is 0 Å². The Labute approximate surface area is 204 Å². The largest absolute Gasteiger partial charge is 0.497 e. The van der Waals surface area contributed by atoms with Gasteiger partial charge >= 0.3 is 0 Å². The lowest BCUT2D eigenvalue weighted by Crippen LogP contribution is -2.44. The predicted octanol–water partition coefficient (Wildman–Crippen LogP) is 5.70. The Kier molecular flexibility index (Phi) is 6.70. The second-order valence-corrected chi connectivity index (χ2v) is 9.06. The van der Waals surface area contributed by atoms with Gasteiger partial charge in [-0.25, -0.2) is 4.39 Å². The third-order valence-electron chi connectivity index (χ3n) is 6.85. The number of nitrogens with one attached hydrogen (secondary N) is 2. The van der Waals surface area contributed by atoms with Crippen LogP contribution in [0.15, 0.2) is 72.8 Å². The molecular formula is C29H30FN3O2. The molecule has 2 heterocycles. The van der Waals surface area contributed by atoms with Gasteiger partial charge in [0.1, 0.15) is 11.6 Å². The third kappa shape index (κ3) is 5.16. The van der Waals surface area contributed by atoms with Gasteiger partial charge in [-0.3, -0.25) is 4.79 Å². The first-order valence-electron chi connectivity index (χ1n) is 12.1. The van der Waals surface area contributed by atoms with Gasteiger partial charge in [0.2, 0.25) is 5.91 Å². The molecule has 1 aliphatic heterocycles. The SMILES string of the molecule is COc1ccc(N2CCC(NC(=O)CCc3c(-c4ccc(F)cc4)[nH]c4ccccc34)CC2)cc1. The summed E-state index contributed by atoms with van der Waals surface area (Å²) < 4.78 is 18.7. The summed E-state index contributed by atoms with van der Waals surface area (Å²) >= 11 is 0. The zero-order chi connectivity index (χ0) is 24.2. The summed E-state index contributed by atoms with van der Waals surface area (Å²) in [5.74, 6) is 0.667.